The molecule has 3 aromatic carbocycles. The quantitative estimate of drug-likeness (QED) is 0.108. The van der Waals surface area contributed by atoms with E-state index in [1.807, 2.05) is 66.7 Å². The van der Waals surface area contributed by atoms with Gasteiger partial charge in [0.05, 0.1) is 25.4 Å². The molecular weight excluding hydrogens is 566 g/mol. The first kappa shape index (κ1) is 36.1. The second kappa shape index (κ2) is 17.9. The van der Waals surface area contributed by atoms with Crippen LogP contribution in [0.1, 0.15) is 62.1 Å². The van der Waals surface area contributed by atoms with E-state index in [-0.39, 0.29) is 5.92 Å². The average Bonchev–Trinajstić information content (AvgIpc) is 3.00. The minimum Gasteiger partial charge on any atom is -0.481 e. The summed E-state index contributed by atoms with van der Waals surface area (Å²) >= 11 is 0. The molecular formula is C34H43NO9. The third kappa shape index (κ3) is 10.9. The summed E-state index contributed by atoms with van der Waals surface area (Å²) in [6.07, 6.45) is -0.334. The molecule has 3 rings (SSSR count). The van der Waals surface area contributed by atoms with Crippen LogP contribution in [0.5, 0.6) is 0 Å². The number of ether oxygens (including phenoxy) is 1. The van der Waals surface area contributed by atoms with E-state index in [0.717, 1.165) is 49.2 Å². The highest BCUT2D eigenvalue weighted by Crippen LogP contribution is 2.42. The van der Waals surface area contributed by atoms with Gasteiger partial charge < -0.3 is 35.2 Å². The van der Waals surface area contributed by atoms with Gasteiger partial charge in [-0.25, -0.2) is 4.79 Å². The molecule has 238 valence electrons. The van der Waals surface area contributed by atoms with Crippen LogP contribution in [0, 0.1) is 0 Å². The number of nitrogens with zero attached hydrogens (tertiary/aromatic N) is 1. The molecule has 5 N–H and O–H groups in total. The van der Waals surface area contributed by atoms with E-state index in [9.17, 15) is 19.5 Å². The SMILES string of the molecule is CCN(CC)CCCCOC(O)(c1ccccc1)C(c1ccccc1)c1ccccc1.O=C(O)CC(O)(CC(=O)O)C(=O)O. The fraction of sp³-hybridized carbons (Fsp3) is 0.382. The zero-order valence-electron chi connectivity index (χ0n) is 25.2. The van der Waals surface area contributed by atoms with E-state index in [1.54, 1.807) is 0 Å². The highest BCUT2D eigenvalue weighted by molar-refractivity contribution is 5.88. The Labute approximate surface area is 258 Å². The van der Waals surface area contributed by atoms with Gasteiger partial charge in [-0.1, -0.05) is 105 Å². The molecule has 0 heterocycles. The number of hydrogen-bond donors (Lipinski definition) is 5. The number of rotatable bonds is 17. The molecule has 0 spiro atoms. The van der Waals surface area contributed by atoms with E-state index in [4.69, 9.17) is 25.2 Å². The van der Waals surface area contributed by atoms with Gasteiger partial charge in [-0.15, -0.1) is 0 Å². The minimum absolute atomic E-state index is 0.333. The molecule has 0 bridgehead atoms. The summed E-state index contributed by atoms with van der Waals surface area (Å²) in [7, 11) is 0. The van der Waals surface area contributed by atoms with E-state index < -0.39 is 42.1 Å². The van der Waals surface area contributed by atoms with Gasteiger partial charge in [0.25, 0.3) is 0 Å². The van der Waals surface area contributed by atoms with Crippen molar-refractivity contribution in [1.29, 1.82) is 0 Å². The Hall–Kier alpha value is -4.09. The van der Waals surface area contributed by atoms with Crippen molar-refractivity contribution in [2.24, 2.45) is 0 Å². The molecule has 1 unspecified atom stereocenters. The first-order valence-corrected chi connectivity index (χ1v) is 14.6. The Bertz CT molecular complexity index is 1230. The first-order valence-electron chi connectivity index (χ1n) is 14.6. The van der Waals surface area contributed by atoms with E-state index in [0.29, 0.717) is 6.61 Å². The number of aliphatic hydroxyl groups is 2. The lowest BCUT2D eigenvalue weighted by molar-refractivity contribution is -0.223. The van der Waals surface area contributed by atoms with Gasteiger partial charge in [-0.3, -0.25) is 9.59 Å². The largest absolute Gasteiger partial charge is 0.481 e. The maximum atomic E-state index is 12.1. The molecule has 0 saturated carbocycles. The van der Waals surface area contributed by atoms with Gasteiger partial charge in [-0.05, 0) is 43.6 Å². The number of carbonyl (C=O) groups is 3. The maximum Gasteiger partial charge on any atom is 0.336 e. The van der Waals surface area contributed by atoms with Crippen LogP contribution < -0.4 is 0 Å². The summed E-state index contributed by atoms with van der Waals surface area (Å²) in [6.45, 7) is 8.07. The van der Waals surface area contributed by atoms with E-state index >= 15 is 0 Å². The van der Waals surface area contributed by atoms with Crippen molar-refractivity contribution in [2.45, 2.75) is 56.8 Å². The molecule has 10 nitrogen and oxygen atoms in total. The standard InChI is InChI=1S/C28H35NO2.C6H8O7/c1-3-29(4-2)22-14-15-23-31-28(30,26-20-12-7-13-21-26)27(24-16-8-5-9-17-24)25-18-10-6-11-19-25;7-3(8)1-6(13,5(11)12)2-4(9)10/h5-13,16-21,27,30H,3-4,14-15,22-23H2,1-2H3;13H,1-2H2,(H,7,8)(H,9,10)(H,11,12). The normalized spacial score (nSPS) is 12.7. The smallest absolute Gasteiger partial charge is 0.336 e. The second-order valence-electron chi connectivity index (χ2n) is 10.4. The summed E-state index contributed by atoms with van der Waals surface area (Å²) in [6, 6.07) is 30.1. The Morgan fingerprint density at radius 1 is 0.705 bits per heavy atom. The van der Waals surface area contributed by atoms with Crippen LogP contribution in [0.4, 0.5) is 0 Å². The number of carboxylic acid groups (broad SMARTS) is 3. The van der Waals surface area contributed by atoms with Crippen LogP contribution in [0.15, 0.2) is 91.0 Å². The Kier molecular flexibility index (Phi) is 14.7. The Morgan fingerprint density at radius 2 is 1.14 bits per heavy atom. The fourth-order valence-electron chi connectivity index (χ4n) is 4.86. The maximum absolute atomic E-state index is 12.1. The number of aliphatic carboxylic acids is 3. The third-order valence-corrected chi connectivity index (χ3v) is 7.22. The summed E-state index contributed by atoms with van der Waals surface area (Å²) in [5, 5.41) is 45.9. The molecule has 10 heteroatoms. The third-order valence-electron chi connectivity index (χ3n) is 7.22. The van der Waals surface area contributed by atoms with Crippen LogP contribution in [0.3, 0.4) is 0 Å². The lowest BCUT2D eigenvalue weighted by Gasteiger charge is -2.37. The molecule has 0 aliphatic carbocycles. The van der Waals surface area contributed by atoms with Gasteiger partial charge in [0.1, 0.15) is 0 Å². The average molecular weight is 610 g/mol. The van der Waals surface area contributed by atoms with Crippen molar-refractivity contribution in [3.63, 3.8) is 0 Å². The van der Waals surface area contributed by atoms with Crippen LogP contribution in [0.2, 0.25) is 0 Å². The zero-order valence-corrected chi connectivity index (χ0v) is 25.2. The summed E-state index contributed by atoms with van der Waals surface area (Å²) in [5.41, 5.74) is 0.0975. The molecule has 1 atom stereocenters. The van der Waals surface area contributed by atoms with Gasteiger partial charge >= 0.3 is 17.9 Å². The topological polar surface area (TPSA) is 165 Å². The second-order valence-corrected chi connectivity index (χ2v) is 10.4. The van der Waals surface area contributed by atoms with Crippen molar-refractivity contribution in [3.05, 3.63) is 108 Å². The zero-order chi connectivity index (χ0) is 32.6. The van der Waals surface area contributed by atoms with Gasteiger partial charge in [0.15, 0.2) is 5.60 Å². The van der Waals surface area contributed by atoms with Crippen molar-refractivity contribution in [1.82, 2.24) is 4.90 Å². The first-order chi connectivity index (χ1) is 21.0. The van der Waals surface area contributed by atoms with Crippen LogP contribution in [-0.4, -0.2) is 80.2 Å². The Balaban J connectivity index is 0.000000439. The van der Waals surface area contributed by atoms with Crippen molar-refractivity contribution >= 4 is 17.9 Å². The molecule has 0 saturated heterocycles. The van der Waals surface area contributed by atoms with Gasteiger partial charge in [0.2, 0.25) is 5.79 Å². The van der Waals surface area contributed by atoms with Gasteiger partial charge in [-0.2, -0.15) is 0 Å². The fourth-order valence-corrected chi connectivity index (χ4v) is 4.86. The number of carboxylic acids is 3. The highest BCUT2D eigenvalue weighted by Gasteiger charge is 2.42. The number of unbranched alkanes of at least 4 members (excludes halogenated alkanes) is 1. The molecule has 0 aromatic heterocycles. The summed E-state index contributed by atoms with van der Waals surface area (Å²) in [5.74, 6) is -6.81. The summed E-state index contributed by atoms with van der Waals surface area (Å²) in [4.78, 5) is 32.9. The van der Waals surface area contributed by atoms with E-state index in [1.165, 1.54) is 0 Å². The molecule has 0 aliphatic heterocycles. The van der Waals surface area contributed by atoms with Crippen LogP contribution >= 0.6 is 0 Å². The lowest BCUT2D eigenvalue weighted by atomic mass is 9.80. The van der Waals surface area contributed by atoms with E-state index in [2.05, 4.69) is 43.0 Å². The number of hydrogen-bond acceptors (Lipinski definition) is 7. The highest BCUT2D eigenvalue weighted by atomic mass is 16.6. The van der Waals surface area contributed by atoms with Crippen molar-refractivity contribution in [2.75, 3.05) is 26.2 Å². The number of benzene rings is 3. The molecule has 0 radical (unpaired) electrons. The summed E-state index contributed by atoms with van der Waals surface area (Å²) < 4.78 is 6.37. The Morgan fingerprint density at radius 3 is 1.52 bits per heavy atom. The molecule has 0 aliphatic rings. The molecule has 0 fully saturated rings. The molecule has 44 heavy (non-hydrogen) atoms. The predicted octanol–water partition coefficient (Wildman–Crippen LogP) is 4.55. The van der Waals surface area contributed by atoms with Crippen molar-refractivity contribution < 1.29 is 44.7 Å². The van der Waals surface area contributed by atoms with Gasteiger partial charge in [0, 0.05) is 5.56 Å². The molecule has 3 aromatic rings. The predicted molar refractivity (Wildman–Crippen MR) is 165 cm³/mol. The minimum atomic E-state index is -2.74. The van der Waals surface area contributed by atoms with Crippen molar-refractivity contribution in [3.8, 4) is 0 Å². The monoisotopic (exact) mass is 609 g/mol. The van der Waals surface area contributed by atoms with Crippen LogP contribution in [-0.2, 0) is 24.9 Å². The van der Waals surface area contributed by atoms with Crippen LogP contribution in [0.25, 0.3) is 0 Å². The molecule has 0 amide bonds. The lowest BCUT2D eigenvalue weighted by Crippen LogP contribution is -2.42.